The zero-order chi connectivity index (χ0) is 6.41. The van der Waals surface area contributed by atoms with Crippen molar-refractivity contribution in [2.45, 2.75) is 6.92 Å². The molecule has 0 aliphatic rings. The molecule has 0 saturated carbocycles. The minimum atomic E-state index is 0.576. The largest absolute Gasteiger partial charge is 0.273 e. The van der Waals surface area contributed by atoms with E-state index in [2.05, 4.69) is 30.2 Å². The van der Waals surface area contributed by atoms with Crippen LogP contribution in [0.2, 0.25) is 0 Å². The summed E-state index contributed by atoms with van der Waals surface area (Å²) in [6.45, 7) is 1.96. The molecule has 0 aromatic rings. The van der Waals surface area contributed by atoms with Gasteiger partial charge in [-0.05, 0) is 6.92 Å². The number of thioether (sulfide) groups is 1. The van der Waals surface area contributed by atoms with E-state index in [-0.39, 0.29) is 0 Å². The normalized spacial score (nSPS) is 12.1. The Bertz CT molecular complexity index is 81.4. The van der Waals surface area contributed by atoms with E-state index >= 15 is 0 Å². The van der Waals surface area contributed by atoms with Gasteiger partial charge in [-0.15, -0.1) is 11.8 Å². The summed E-state index contributed by atoms with van der Waals surface area (Å²) in [6.07, 6.45) is 0. The molecule has 0 aromatic carbocycles. The first-order valence-corrected chi connectivity index (χ1v) is 4.42. The number of aliphatic imine (C=N–C) groups is 1. The second kappa shape index (κ2) is 5.85. The lowest BCUT2D eigenvalue weighted by molar-refractivity contribution is 1.39. The molecule has 0 rings (SSSR count). The summed E-state index contributed by atoms with van der Waals surface area (Å²) in [5.74, 6) is 0.576. The predicted octanol–water partition coefficient (Wildman–Crippen LogP) is 1.91. The first kappa shape index (κ1) is 8.72. The van der Waals surface area contributed by atoms with Gasteiger partial charge in [0.1, 0.15) is 0 Å². The second-order valence-corrected chi connectivity index (χ2v) is 3.29. The van der Waals surface area contributed by atoms with Gasteiger partial charge in [-0.3, -0.25) is 4.99 Å². The van der Waals surface area contributed by atoms with Crippen molar-refractivity contribution in [3.63, 3.8) is 0 Å². The van der Waals surface area contributed by atoms with E-state index in [0.717, 1.165) is 10.1 Å². The van der Waals surface area contributed by atoms with Crippen LogP contribution in [0.15, 0.2) is 4.99 Å². The average molecular weight is 167 g/mol. The Labute approximate surface area is 65.2 Å². The lowest BCUT2D eigenvalue weighted by Crippen LogP contribution is -1.82. The highest BCUT2D eigenvalue weighted by Crippen LogP contribution is 2.04. The molecule has 0 bridgehead atoms. The van der Waals surface area contributed by atoms with Crippen molar-refractivity contribution in [2.75, 3.05) is 11.0 Å². The quantitative estimate of drug-likeness (QED) is 0.277. The fraction of sp³-hybridized carbons (Fsp3) is 0.750. The molecule has 4 heteroatoms. The second-order valence-electron chi connectivity index (χ2n) is 1.09. The fourth-order valence-electron chi connectivity index (χ4n) is 0.239. The molecule has 8 heavy (non-hydrogen) atoms. The minimum absolute atomic E-state index is 0.576. The van der Waals surface area contributed by atoms with E-state index in [1.165, 1.54) is 0 Å². The third kappa shape index (κ3) is 4.87. The van der Waals surface area contributed by atoms with E-state index in [4.69, 9.17) is 0 Å². The highest BCUT2D eigenvalue weighted by atomic mass is 32.2. The molecule has 1 nitrogen and oxygen atoms in total. The van der Waals surface area contributed by atoms with Gasteiger partial charge in [-0.25, -0.2) is 0 Å². The average Bonchev–Trinajstić information content (AvgIpc) is 1.68. The van der Waals surface area contributed by atoms with Crippen molar-refractivity contribution < 1.29 is 0 Å². The lowest BCUT2D eigenvalue weighted by atomic mass is 10.9. The Morgan fingerprint density at radius 2 is 2.25 bits per heavy atom. The number of thiol groups is 2. The maximum Gasteiger partial charge on any atom is 0.0824 e. The van der Waals surface area contributed by atoms with E-state index in [1.54, 1.807) is 11.8 Å². The molecule has 0 atom stereocenters. The molecular weight excluding hydrogens is 158 g/mol. The Morgan fingerprint density at radius 3 is 2.62 bits per heavy atom. The number of hydrogen-bond donors (Lipinski definition) is 2. The molecule has 0 heterocycles. The summed E-state index contributed by atoms with van der Waals surface area (Å²) < 4.78 is 0. The van der Waals surface area contributed by atoms with Gasteiger partial charge < -0.3 is 0 Å². The van der Waals surface area contributed by atoms with Crippen molar-refractivity contribution in [1.29, 1.82) is 0 Å². The first-order valence-electron chi connectivity index (χ1n) is 2.17. The third-order valence-corrected chi connectivity index (χ3v) is 1.77. The Kier molecular flexibility index (Phi) is 6.38. The van der Waals surface area contributed by atoms with Gasteiger partial charge in [0.05, 0.1) is 10.9 Å². The van der Waals surface area contributed by atoms with Crippen molar-refractivity contribution in [3.05, 3.63) is 0 Å². The first-order chi connectivity index (χ1) is 3.81. The van der Waals surface area contributed by atoms with Crippen molar-refractivity contribution >= 4 is 42.1 Å². The highest BCUT2D eigenvalue weighted by molar-refractivity contribution is 8.20. The number of nitrogens with zero attached hydrogens (tertiary/aromatic N) is 1. The molecule has 48 valence electrons. The van der Waals surface area contributed by atoms with Gasteiger partial charge in [0.2, 0.25) is 0 Å². The van der Waals surface area contributed by atoms with Gasteiger partial charge in [0.15, 0.2) is 0 Å². The number of rotatable bonds is 2. The van der Waals surface area contributed by atoms with Crippen LogP contribution in [-0.2, 0) is 0 Å². The zero-order valence-electron chi connectivity index (χ0n) is 4.66. The molecule has 0 amide bonds. The lowest BCUT2D eigenvalue weighted by Gasteiger charge is -1.91. The molecule has 0 N–H and O–H groups in total. The fourth-order valence-corrected chi connectivity index (χ4v) is 1.45. The minimum Gasteiger partial charge on any atom is -0.273 e. The summed E-state index contributed by atoms with van der Waals surface area (Å²) in [4.78, 5) is 4.01. The Morgan fingerprint density at radius 1 is 1.62 bits per heavy atom. The Balaban J connectivity index is 3.29. The van der Waals surface area contributed by atoms with Crippen molar-refractivity contribution in [1.82, 2.24) is 0 Å². The van der Waals surface area contributed by atoms with Crippen LogP contribution in [0.3, 0.4) is 0 Å². The topological polar surface area (TPSA) is 12.4 Å². The van der Waals surface area contributed by atoms with Gasteiger partial charge in [-0.1, -0.05) is 0 Å². The summed E-state index contributed by atoms with van der Waals surface area (Å²) in [7, 11) is 0. The summed E-state index contributed by atoms with van der Waals surface area (Å²) in [5, 5.41) is 1.85. The van der Waals surface area contributed by atoms with Crippen LogP contribution in [0.5, 0.6) is 0 Å². The van der Waals surface area contributed by atoms with E-state index < -0.39 is 0 Å². The maximum atomic E-state index is 4.01. The molecule has 0 aliphatic heterocycles. The highest BCUT2D eigenvalue weighted by Gasteiger charge is 1.84. The van der Waals surface area contributed by atoms with Crippen LogP contribution < -0.4 is 0 Å². The van der Waals surface area contributed by atoms with Crippen LogP contribution in [-0.4, -0.2) is 16.0 Å². The van der Waals surface area contributed by atoms with Gasteiger partial charge in [-0.2, -0.15) is 25.3 Å². The van der Waals surface area contributed by atoms with Gasteiger partial charge in [0, 0.05) is 5.08 Å². The maximum absolute atomic E-state index is 4.01. The summed E-state index contributed by atoms with van der Waals surface area (Å²) >= 11 is 9.56. The van der Waals surface area contributed by atoms with Crippen LogP contribution >= 0.6 is 37.0 Å². The molecule has 0 unspecified atom stereocenters. The smallest absolute Gasteiger partial charge is 0.0824 e. The summed E-state index contributed by atoms with van der Waals surface area (Å²) in [6, 6.07) is 0. The van der Waals surface area contributed by atoms with Crippen molar-refractivity contribution in [2.24, 2.45) is 4.99 Å². The third-order valence-electron chi connectivity index (χ3n) is 0.567. The van der Waals surface area contributed by atoms with Crippen molar-refractivity contribution in [3.8, 4) is 0 Å². The standard InChI is InChI=1S/C4H9NS3/c1-4(5-2-6)8-3-7/h6-7H,2-3H2,1H3. The molecule has 0 radical (unpaired) electrons. The monoisotopic (exact) mass is 167 g/mol. The zero-order valence-corrected chi connectivity index (χ0v) is 7.27. The van der Waals surface area contributed by atoms with E-state index in [1.807, 2.05) is 6.92 Å². The predicted molar refractivity (Wildman–Crippen MR) is 48.4 cm³/mol. The molecule has 0 spiro atoms. The molecule has 0 aliphatic carbocycles. The van der Waals surface area contributed by atoms with E-state index in [0.29, 0.717) is 5.88 Å². The molecule has 0 fully saturated rings. The molecular formula is C4H9NS3. The van der Waals surface area contributed by atoms with Gasteiger partial charge >= 0.3 is 0 Å². The molecule has 0 aromatic heterocycles. The van der Waals surface area contributed by atoms with Crippen LogP contribution in [0.4, 0.5) is 0 Å². The van der Waals surface area contributed by atoms with Crippen LogP contribution in [0, 0.1) is 0 Å². The van der Waals surface area contributed by atoms with E-state index in [9.17, 15) is 0 Å². The van der Waals surface area contributed by atoms with Crippen LogP contribution in [0.25, 0.3) is 0 Å². The Hall–Kier alpha value is 0.720. The van der Waals surface area contributed by atoms with Gasteiger partial charge in [0.25, 0.3) is 0 Å². The summed E-state index contributed by atoms with van der Waals surface area (Å²) in [5.41, 5.74) is 0. The number of hydrogen-bond acceptors (Lipinski definition) is 4. The molecule has 0 saturated heterocycles. The SMILES string of the molecule is CC(=NCS)SCS. The van der Waals surface area contributed by atoms with Crippen LogP contribution in [0.1, 0.15) is 6.92 Å².